The Bertz CT molecular complexity index is 611. The van der Waals surface area contributed by atoms with Crippen molar-refractivity contribution in [1.29, 1.82) is 0 Å². The lowest BCUT2D eigenvalue weighted by atomic mass is 9.91. The molecule has 2 atom stereocenters. The molecule has 1 aliphatic rings. The monoisotopic (exact) mass is 444 g/mol. The Kier molecular flexibility index (Phi) is 10.7. The molecule has 28 heavy (non-hydrogen) atoms. The van der Waals surface area contributed by atoms with E-state index in [1.165, 1.54) is 12.2 Å². The summed E-state index contributed by atoms with van der Waals surface area (Å²) < 4.78 is 46.5. The van der Waals surface area contributed by atoms with E-state index in [4.69, 9.17) is 38.2 Å². The van der Waals surface area contributed by atoms with Crippen LogP contribution in [0.2, 0.25) is 0 Å². The van der Waals surface area contributed by atoms with Gasteiger partial charge in [-0.05, 0) is 46.6 Å². The first-order valence-electron chi connectivity index (χ1n) is 9.09. The van der Waals surface area contributed by atoms with Gasteiger partial charge in [-0.15, -0.1) is 18.7 Å². The summed E-state index contributed by atoms with van der Waals surface area (Å²) >= 11 is 0. The topological polar surface area (TPSA) is 108 Å². The summed E-state index contributed by atoms with van der Waals surface area (Å²) in [6.07, 6.45) is 4.54. The van der Waals surface area contributed by atoms with E-state index in [9.17, 15) is 9.13 Å². The third kappa shape index (κ3) is 6.06. The fourth-order valence-corrected chi connectivity index (χ4v) is 5.18. The molecule has 0 N–H and O–H groups in total. The van der Waals surface area contributed by atoms with E-state index in [1.54, 1.807) is 47.6 Å². The molecule has 1 aliphatic carbocycles. The summed E-state index contributed by atoms with van der Waals surface area (Å²) in [5.41, 5.74) is 0. The van der Waals surface area contributed by atoms with Crippen molar-refractivity contribution in [2.24, 2.45) is 5.92 Å². The number of hydrogen-bond acceptors (Lipinski definition) is 10. The second-order valence-electron chi connectivity index (χ2n) is 5.86. The fraction of sp³-hybridized carbons (Fsp3) is 0.750. The van der Waals surface area contributed by atoms with E-state index in [2.05, 4.69) is 0 Å². The van der Waals surface area contributed by atoms with Gasteiger partial charge in [-0.3, -0.25) is 4.57 Å². The molecule has 0 aromatic carbocycles. The van der Waals surface area contributed by atoms with Crippen LogP contribution in [0, 0.1) is 5.92 Å². The van der Waals surface area contributed by atoms with Gasteiger partial charge in [-0.25, -0.2) is 24.1 Å². The molecular weight excluding hydrogens is 414 g/mol. The van der Waals surface area contributed by atoms with Crippen LogP contribution >= 0.6 is 15.2 Å². The Balaban J connectivity index is 3.19. The summed E-state index contributed by atoms with van der Waals surface area (Å²) in [4.78, 5) is 19.4. The standard InChI is InChI=1S/C16H30O10P2/c1-7-19-23-27(17,24-20-8-2)15-11-12-16(6,14(5)13-15)28(18,25-21-9-3)26-22-10-4/h11-14H,7-10H2,1-6H3/t14-,16-/m1/s1. The molecule has 0 aromatic heterocycles. The predicted molar refractivity (Wildman–Crippen MR) is 101 cm³/mol. The van der Waals surface area contributed by atoms with Gasteiger partial charge < -0.3 is 0 Å². The van der Waals surface area contributed by atoms with Gasteiger partial charge in [-0.2, -0.15) is 0 Å². The van der Waals surface area contributed by atoms with Crippen molar-refractivity contribution < 1.29 is 47.4 Å². The molecule has 0 saturated carbocycles. The Hall–Kier alpha value is -0.380. The van der Waals surface area contributed by atoms with Crippen LogP contribution < -0.4 is 0 Å². The molecule has 1 rings (SSSR count). The van der Waals surface area contributed by atoms with Gasteiger partial charge in [0.05, 0.1) is 36.9 Å². The Morgan fingerprint density at radius 1 is 0.857 bits per heavy atom. The summed E-state index contributed by atoms with van der Waals surface area (Å²) in [7, 11) is -7.85. The van der Waals surface area contributed by atoms with Crippen LogP contribution in [-0.4, -0.2) is 31.6 Å². The zero-order valence-electron chi connectivity index (χ0n) is 17.1. The van der Waals surface area contributed by atoms with Crippen molar-refractivity contribution in [1.82, 2.24) is 0 Å². The number of hydrogen-bond donors (Lipinski definition) is 0. The highest BCUT2D eigenvalue weighted by Gasteiger charge is 2.53. The van der Waals surface area contributed by atoms with Crippen molar-refractivity contribution in [3.63, 3.8) is 0 Å². The van der Waals surface area contributed by atoms with Gasteiger partial charge in [0.2, 0.25) is 0 Å². The third-order valence-corrected chi connectivity index (χ3v) is 7.79. The largest absolute Gasteiger partial charge is 0.414 e. The fourth-order valence-electron chi connectivity index (χ4n) is 2.17. The van der Waals surface area contributed by atoms with Gasteiger partial charge in [0.15, 0.2) is 0 Å². The minimum Gasteiger partial charge on any atom is -0.254 e. The Morgan fingerprint density at radius 3 is 1.68 bits per heavy atom. The van der Waals surface area contributed by atoms with Gasteiger partial charge in [0.25, 0.3) is 0 Å². The predicted octanol–water partition coefficient (Wildman–Crippen LogP) is 5.09. The zero-order chi connectivity index (χ0) is 21.3. The Morgan fingerprint density at radius 2 is 1.29 bits per heavy atom. The van der Waals surface area contributed by atoms with Crippen LogP contribution in [0.4, 0.5) is 0 Å². The quantitative estimate of drug-likeness (QED) is 0.204. The van der Waals surface area contributed by atoms with E-state index >= 15 is 0 Å². The second-order valence-corrected chi connectivity index (χ2v) is 9.92. The number of allylic oxidation sites excluding steroid dienone is 4. The lowest BCUT2D eigenvalue weighted by molar-refractivity contribution is -0.266. The SMILES string of the molecule is CCOOP(=O)(OOCC)C1=C[C@@H](C)[C@](C)(P(=O)(OOCC)OOCC)C=C1. The first kappa shape index (κ1) is 25.7. The molecule has 0 heterocycles. The maximum absolute atomic E-state index is 13.4. The average Bonchev–Trinajstić information content (AvgIpc) is 2.69. The Labute approximate surface area is 165 Å². The van der Waals surface area contributed by atoms with Gasteiger partial charge in [-0.1, -0.05) is 19.1 Å². The molecular formula is C16H30O10P2. The molecule has 0 aliphatic heterocycles. The molecule has 0 unspecified atom stereocenters. The van der Waals surface area contributed by atoms with Crippen LogP contribution in [0.15, 0.2) is 23.5 Å². The van der Waals surface area contributed by atoms with E-state index in [0.717, 1.165) is 0 Å². The molecule has 10 nitrogen and oxygen atoms in total. The van der Waals surface area contributed by atoms with Crippen molar-refractivity contribution in [3.8, 4) is 0 Å². The molecule has 164 valence electrons. The van der Waals surface area contributed by atoms with E-state index in [0.29, 0.717) is 0 Å². The summed E-state index contributed by atoms with van der Waals surface area (Å²) in [6.45, 7) is 10.7. The van der Waals surface area contributed by atoms with Crippen molar-refractivity contribution in [3.05, 3.63) is 23.5 Å². The summed E-state index contributed by atoms with van der Waals surface area (Å²) in [5.74, 6) is -0.497. The highest BCUT2D eigenvalue weighted by molar-refractivity contribution is 7.58. The lowest BCUT2D eigenvalue weighted by Crippen LogP contribution is -2.34. The molecule has 0 fully saturated rings. The van der Waals surface area contributed by atoms with Crippen LogP contribution in [0.5, 0.6) is 0 Å². The maximum atomic E-state index is 13.4. The molecule has 0 spiro atoms. The minimum atomic E-state index is -3.93. The molecule has 0 saturated heterocycles. The third-order valence-electron chi connectivity index (χ3n) is 3.92. The highest BCUT2D eigenvalue weighted by Crippen LogP contribution is 2.67. The number of rotatable bonds is 14. The highest BCUT2D eigenvalue weighted by atomic mass is 31.2. The van der Waals surface area contributed by atoms with Crippen molar-refractivity contribution in [2.45, 2.75) is 46.7 Å². The zero-order valence-corrected chi connectivity index (χ0v) is 18.9. The van der Waals surface area contributed by atoms with Gasteiger partial charge >= 0.3 is 15.2 Å². The van der Waals surface area contributed by atoms with Gasteiger partial charge in [0, 0.05) is 0 Å². The first-order valence-corrected chi connectivity index (χ1v) is 12.2. The van der Waals surface area contributed by atoms with Crippen LogP contribution in [0.3, 0.4) is 0 Å². The van der Waals surface area contributed by atoms with Crippen molar-refractivity contribution in [2.75, 3.05) is 26.4 Å². The molecule has 0 amide bonds. The molecule has 0 bridgehead atoms. The minimum absolute atomic E-state index is 0.156. The van der Waals surface area contributed by atoms with E-state index in [1.807, 2.05) is 0 Å². The lowest BCUT2D eigenvalue weighted by Gasteiger charge is -2.37. The maximum Gasteiger partial charge on any atom is 0.414 e. The second kappa shape index (κ2) is 11.7. The molecule has 0 aromatic rings. The summed E-state index contributed by atoms with van der Waals surface area (Å²) in [6, 6.07) is 0. The van der Waals surface area contributed by atoms with Crippen molar-refractivity contribution >= 4 is 15.2 Å². The van der Waals surface area contributed by atoms with Crippen LogP contribution in [-0.2, 0) is 47.4 Å². The summed E-state index contributed by atoms with van der Waals surface area (Å²) in [5, 5.41) is -0.998. The smallest absolute Gasteiger partial charge is 0.254 e. The van der Waals surface area contributed by atoms with E-state index in [-0.39, 0.29) is 31.7 Å². The first-order chi connectivity index (χ1) is 13.2. The van der Waals surface area contributed by atoms with Crippen LogP contribution in [0.1, 0.15) is 41.5 Å². The van der Waals surface area contributed by atoms with Crippen LogP contribution in [0.25, 0.3) is 0 Å². The normalized spacial score (nSPS) is 23.1. The van der Waals surface area contributed by atoms with E-state index < -0.39 is 26.3 Å². The average molecular weight is 444 g/mol. The molecule has 0 radical (unpaired) electrons. The molecule has 12 heteroatoms. The van der Waals surface area contributed by atoms with Gasteiger partial charge in [0.1, 0.15) is 0 Å².